The van der Waals surface area contributed by atoms with Crippen LogP contribution in [0.25, 0.3) is 0 Å². The van der Waals surface area contributed by atoms with Gasteiger partial charge in [0.1, 0.15) is 0 Å². The summed E-state index contributed by atoms with van der Waals surface area (Å²) in [6.07, 6.45) is 2.99. The Labute approximate surface area is 88.0 Å². The van der Waals surface area contributed by atoms with Gasteiger partial charge >= 0.3 is 11.9 Å². The molecule has 5 heteroatoms. The Hall–Kier alpha value is -1.10. The van der Waals surface area contributed by atoms with Gasteiger partial charge in [0, 0.05) is 12.8 Å². The van der Waals surface area contributed by atoms with Crippen LogP contribution >= 0.6 is 0 Å². The average Bonchev–Trinajstić information content (AvgIpc) is 2.59. The van der Waals surface area contributed by atoms with Crippen molar-refractivity contribution in [3.05, 3.63) is 0 Å². The zero-order valence-corrected chi connectivity index (χ0v) is 8.52. The van der Waals surface area contributed by atoms with E-state index in [9.17, 15) is 9.59 Å². The molecule has 86 valence electrons. The smallest absolute Gasteiger partial charge is 0.303 e. The summed E-state index contributed by atoms with van der Waals surface area (Å²) >= 11 is 0. The Kier molecular flexibility index (Phi) is 4.55. The molecule has 0 aliphatic carbocycles. The van der Waals surface area contributed by atoms with Gasteiger partial charge in [0.05, 0.1) is 12.2 Å². The normalized spacial score (nSPS) is 25.3. The molecule has 1 rings (SSSR count). The molecule has 0 bridgehead atoms. The van der Waals surface area contributed by atoms with E-state index in [-0.39, 0.29) is 25.0 Å². The molecule has 0 aromatic heterocycles. The maximum absolute atomic E-state index is 10.3. The van der Waals surface area contributed by atoms with Gasteiger partial charge in [0.2, 0.25) is 0 Å². The second-order valence-corrected chi connectivity index (χ2v) is 3.82. The third kappa shape index (κ3) is 4.78. The van der Waals surface area contributed by atoms with Crippen LogP contribution in [-0.2, 0) is 14.3 Å². The first-order valence-corrected chi connectivity index (χ1v) is 5.17. The highest BCUT2D eigenvalue weighted by Gasteiger charge is 2.25. The fraction of sp³-hybridized carbons (Fsp3) is 0.800. The largest absolute Gasteiger partial charge is 0.481 e. The Morgan fingerprint density at radius 2 is 1.40 bits per heavy atom. The number of carboxylic acid groups (broad SMARTS) is 2. The van der Waals surface area contributed by atoms with Crippen LogP contribution in [0.5, 0.6) is 0 Å². The predicted molar refractivity (Wildman–Crippen MR) is 51.6 cm³/mol. The van der Waals surface area contributed by atoms with E-state index in [0.717, 1.165) is 12.8 Å². The van der Waals surface area contributed by atoms with Crippen molar-refractivity contribution in [3.8, 4) is 0 Å². The van der Waals surface area contributed by atoms with E-state index in [2.05, 4.69) is 0 Å². The molecule has 2 N–H and O–H groups in total. The number of hydrogen-bond donors (Lipinski definition) is 2. The standard InChI is InChI=1S/C10H16O5/c11-9(12)5-3-7-1-2-8(15-7)4-6-10(13)14/h7-8H,1-6H2,(H,11,12)(H,13,14)/t7-,8+. The topological polar surface area (TPSA) is 83.8 Å². The molecule has 0 unspecified atom stereocenters. The van der Waals surface area contributed by atoms with Crippen molar-refractivity contribution in [1.82, 2.24) is 0 Å². The summed E-state index contributed by atoms with van der Waals surface area (Å²) < 4.78 is 5.54. The van der Waals surface area contributed by atoms with Crippen molar-refractivity contribution in [3.63, 3.8) is 0 Å². The lowest BCUT2D eigenvalue weighted by Gasteiger charge is -2.11. The molecular weight excluding hydrogens is 200 g/mol. The van der Waals surface area contributed by atoms with Gasteiger partial charge in [-0.3, -0.25) is 9.59 Å². The van der Waals surface area contributed by atoms with Gasteiger partial charge in [-0.2, -0.15) is 0 Å². The minimum absolute atomic E-state index is 0.0000973. The summed E-state index contributed by atoms with van der Waals surface area (Å²) in [5.41, 5.74) is 0. The zero-order chi connectivity index (χ0) is 11.3. The van der Waals surface area contributed by atoms with Gasteiger partial charge in [-0.1, -0.05) is 0 Å². The third-order valence-electron chi connectivity index (χ3n) is 2.56. The Morgan fingerprint density at radius 1 is 1.00 bits per heavy atom. The second kappa shape index (κ2) is 5.70. The van der Waals surface area contributed by atoms with Gasteiger partial charge in [-0.05, 0) is 25.7 Å². The molecule has 1 aliphatic rings. The summed E-state index contributed by atoms with van der Waals surface area (Å²) in [7, 11) is 0. The summed E-state index contributed by atoms with van der Waals surface area (Å²) in [5, 5.41) is 17.0. The number of rotatable bonds is 6. The SMILES string of the molecule is O=C(O)CC[C@@H]1CC[C@H](CCC(=O)O)O1. The minimum Gasteiger partial charge on any atom is -0.481 e. The molecule has 1 heterocycles. The monoisotopic (exact) mass is 216 g/mol. The maximum Gasteiger partial charge on any atom is 0.303 e. The van der Waals surface area contributed by atoms with Crippen LogP contribution in [0.4, 0.5) is 0 Å². The van der Waals surface area contributed by atoms with Gasteiger partial charge in [-0.15, -0.1) is 0 Å². The Balaban J connectivity index is 2.15. The molecule has 0 radical (unpaired) electrons. The second-order valence-electron chi connectivity index (χ2n) is 3.82. The molecular formula is C10H16O5. The Bertz CT molecular complexity index is 214. The molecule has 0 saturated carbocycles. The van der Waals surface area contributed by atoms with Crippen LogP contribution in [0.1, 0.15) is 38.5 Å². The fourth-order valence-electron chi connectivity index (χ4n) is 1.77. The highest BCUT2D eigenvalue weighted by Crippen LogP contribution is 2.25. The van der Waals surface area contributed by atoms with Crippen LogP contribution in [0.3, 0.4) is 0 Å². The van der Waals surface area contributed by atoms with Crippen molar-refractivity contribution >= 4 is 11.9 Å². The predicted octanol–water partition coefficient (Wildman–Crippen LogP) is 1.26. The lowest BCUT2D eigenvalue weighted by atomic mass is 10.1. The van der Waals surface area contributed by atoms with Crippen molar-refractivity contribution in [2.45, 2.75) is 50.7 Å². The highest BCUT2D eigenvalue weighted by molar-refractivity contribution is 5.67. The fourth-order valence-corrected chi connectivity index (χ4v) is 1.77. The highest BCUT2D eigenvalue weighted by atomic mass is 16.5. The van der Waals surface area contributed by atoms with Crippen LogP contribution in [0, 0.1) is 0 Å². The maximum atomic E-state index is 10.3. The lowest BCUT2D eigenvalue weighted by Crippen LogP contribution is -2.13. The average molecular weight is 216 g/mol. The molecule has 0 spiro atoms. The summed E-state index contributed by atoms with van der Waals surface area (Å²) in [4.78, 5) is 20.6. The molecule has 0 aromatic carbocycles. The first-order valence-electron chi connectivity index (χ1n) is 5.17. The summed E-state index contributed by atoms with van der Waals surface area (Å²) in [6, 6.07) is 0. The molecule has 1 saturated heterocycles. The number of ether oxygens (including phenoxy) is 1. The van der Waals surface area contributed by atoms with Crippen molar-refractivity contribution < 1.29 is 24.5 Å². The van der Waals surface area contributed by atoms with Gasteiger partial charge in [0.15, 0.2) is 0 Å². The van der Waals surface area contributed by atoms with E-state index >= 15 is 0 Å². The van der Waals surface area contributed by atoms with E-state index in [1.54, 1.807) is 0 Å². The van der Waals surface area contributed by atoms with Crippen molar-refractivity contribution in [2.24, 2.45) is 0 Å². The van der Waals surface area contributed by atoms with Crippen LogP contribution in [0.2, 0.25) is 0 Å². The molecule has 1 aliphatic heterocycles. The number of carbonyl (C=O) groups is 2. The molecule has 2 atom stereocenters. The molecule has 5 nitrogen and oxygen atoms in total. The Morgan fingerprint density at radius 3 is 1.73 bits per heavy atom. The van der Waals surface area contributed by atoms with Crippen LogP contribution in [-0.4, -0.2) is 34.4 Å². The van der Waals surface area contributed by atoms with Crippen LogP contribution < -0.4 is 0 Å². The number of aliphatic carboxylic acids is 2. The summed E-state index contributed by atoms with van der Waals surface area (Å²) in [5.74, 6) is -1.62. The van der Waals surface area contributed by atoms with Crippen molar-refractivity contribution in [2.75, 3.05) is 0 Å². The number of carboxylic acids is 2. The van der Waals surface area contributed by atoms with E-state index in [1.165, 1.54) is 0 Å². The number of hydrogen-bond acceptors (Lipinski definition) is 3. The van der Waals surface area contributed by atoms with E-state index in [1.807, 2.05) is 0 Å². The van der Waals surface area contributed by atoms with Gasteiger partial charge < -0.3 is 14.9 Å². The minimum atomic E-state index is -0.812. The van der Waals surface area contributed by atoms with Crippen LogP contribution in [0.15, 0.2) is 0 Å². The zero-order valence-electron chi connectivity index (χ0n) is 8.52. The molecule has 0 aromatic rings. The van der Waals surface area contributed by atoms with Gasteiger partial charge in [0.25, 0.3) is 0 Å². The van der Waals surface area contributed by atoms with E-state index in [4.69, 9.17) is 14.9 Å². The molecule has 1 fully saturated rings. The first-order chi connectivity index (χ1) is 7.08. The third-order valence-corrected chi connectivity index (χ3v) is 2.56. The molecule has 0 amide bonds. The lowest BCUT2D eigenvalue weighted by molar-refractivity contribution is -0.138. The summed E-state index contributed by atoms with van der Waals surface area (Å²) in [6.45, 7) is 0. The molecule has 15 heavy (non-hydrogen) atoms. The van der Waals surface area contributed by atoms with E-state index in [0.29, 0.717) is 12.8 Å². The quantitative estimate of drug-likeness (QED) is 0.698. The first kappa shape index (κ1) is 12.0. The van der Waals surface area contributed by atoms with Crippen molar-refractivity contribution in [1.29, 1.82) is 0 Å². The van der Waals surface area contributed by atoms with E-state index < -0.39 is 11.9 Å². The van der Waals surface area contributed by atoms with Gasteiger partial charge in [-0.25, -0.2) is 0 Å².